The van der Waals surface area contributed by atoms with Gasteiger partial charge >= 0.3 is 0 Å². The number of hydrogen-bond donors (Lipinski definition) is 2. The van der Waals surface area contributed by atoms with Crippen LogP contribution in [0.15, 0.2) is 53.7 Å². The normalized spacial score (nSPS) is 11.4. The van der Waals surface area contributed by atoms with Crippen LogP contribution >= 0.6 is 0 Å². The number of hydrogen-bond acceptors (Lipinski definition) is 5. The molecule has 0 fully saturated rings. The van der Waals surface area contributed by atoms with E-state index in [2.05, 4.69) is 25.8 Å². The number of nitrogens with one attached hydrogen (secondary N) is 2. The molecule has 3 rings (SSSR count). The van der Waals surface area contributed by atoms with Crippen molar-refractivity contribution in [1.82, 2.24) is 25.2 Å². The molecule has 0 aliphatic carbocycles. The van der Waals surface area contributed by atoms with Gasteiger partial charge in [-0.2, -0.15) is 0 Å². The monoisotopic (exact) mass is 354 g/mol. The van der Waals surface area contributed by atoms with Crippen molar-refractivity contribution in [2.75, 3.05) is 27.3 Å². The summed E-state index contributed by atoms with van der Waals surface area (Å²) < 4.78 is 12.7. The van der Waals surface area contributed by atoms with Crippen LogP contribution < -0.4 is 20.1 Å². The molecule has 1 aromatic carbocycles. The molecule has 0 radical (unpaired) electrons. The molecule has 0 atom stereocenters. The Morgan fingerprint density at radius 2 is 1.88 bits per heavy atom. The SMILES string of the molecule is CN=C(NCCOc1ccc(OC)cc1)NCc1nnc2ccccn12. The summed E-state index contributed by atoms with van der Waals surface area (Å²) in [4.78, 5) is 4.20. The second kappa shape index (κ2) is 8.70. The van der Waals surface area contributed by atoms with Crippen LogP contribution in [0.25, 0.3) is 5.65 Å². The molecule has 0 saturated heterocycles. The molecule has 2 N–H and O–H groups in total. The molecular formula is C18H22N6O2. The fourth-order valence-corrected chi connectivity index (χ4v) is 2.41. The Kier molecular flexibility index (Phi) is 5.87. The average molecular weight is 354 g/mol. The first-order valence-electron chi connectivity index (χ1n) is 8.30. The Morgan fingerprint density at radius 1 is 1.08 bits per heavy atom. The summed E-state index contributed by atoms with van der Waals surface area (Å²) >= 11 is 0. The lowest BCUT2D eigenvalue weighted by Crippen LogP contribution is -2.39. The number of pyridine rings is 1. The van der Waals surface area contributed by atoms with Crippen molar-refractivity contribution in [1.29, 1.82) is 0 Å². The van der Waals surface area contributed by atoms with E-state index >= 15 is 0 Å². The number of benzene rings is 1. The standard InChI is InChI=1S/C18H22N6O2/c1-19-18(20-10-12-26-15-8-6-14(25-2)7-9-15)21-13-17-23-22-16-5-3-4-11-24(16)17/h3-9,11H,10,12-13H2,1-2H3,(H2,19,20,21). The van der Waals surface area contributed by atoms with Crippen LogP contribution in [0.2, 0.25) is 0 Å². The van der Waals surface area contributed by atoms with Gasteiger partial charge in [0, 0.05) is 13.2 Å². The van der Waals surface area contributed by atoms with E-state index in [1.54, 1.807) is 14.2 Å². The van der Waals surface area contributed by atoms with Crippen molar-refractivity contribution in [2.24, 2.45) is 4.99 Å². The van der Waals surface area contributed by atoms with Crippen LogP contribution in [-0.2, 0) is 6.54 Å². The van der Waals surface area contributed by atoms with Gasteiger partial charge < -0.3 is 20.1 Å². The van der Waals surface area contributed by atoms with Gasteiger partial charge in [-0.25, -0.2) is 0 Å². The van der Waals surface area contributed by atoms with Crippen LogP contribution in [0.4, 0.5) is 0 Å². The molecule has 8 heteroatoms. The molecule has 0 aliphatic heterocycles. The molecule has 0 bridgehead atoms. The number of nitrogens with zero attached hydrogens (tertiary/aromatic N) is 4. The molecule has 0 spiro atoms. The highest BCUT2D eigenvalue weighted by Gasteiger charge is 2.05. The van der Waals surface area contributed by atoms with Crippen molar-refractivity contribution in [2.45, 2.75) is 6.54 Å². The van der Waals surface area contributed by atoms with Gasteiger partial charge in [0.2, 0.25) is 0 Å². The van der Waals surface area contributed by atoms with Crippen molar-refractivity contribution in [3.8, 4) is 11.5 Å². The van der Waals surface area contributed by atoms with Crippen LogP contribution in [0.5, 0.6) is 11.5 Å². The Bertz CT molecular complexity index is 860. The zero-order valence-corrected chi connectivity index (χ0v) is 14.8. The third kappa shape index (κ3) is 4.41. The van der Waals surface area contributed by atoms with Crippen LogP contribution in [-0.4, -0.2) is 47.9 Å². The Balaban J connectivity index is 1.43. The molecular weight excluding hydrogens is 332 g/mol. The number of rotatable bonds is 7. The average Bonchev–Trinajstić information content (AvgIpc) is 3.11. The van der Waals surface area contributed by atoms with Gasteiger partial charge in [0.1, 0.15) is 18.1 Å². The van der Waals surface area contributed by atoms with Gasteiger partial charge in [-0.1, -0.05) is 6.07 Å². The quantitative estimate of drug-likeness (QED) is 0.380. The van der Waals surface area contributed by atoms with Gasteiger partial charge in [0.05, 0.1) is 20.2 Å². The molecule has 0 amide bonds. The number of ether oxygens (including phenoxy) is 2. The highest BCUT2D eigenvalue weighted by atomic mass is 16.5. The number of methoxy groups -OCH3 is 1. The number of guanidine groups is 1. The summed E-state index contributed by atoms with van der Waals surface area (Å²) in [6.45, 7) is 1.65. The first-order valence-corrected chi connectivity index (χ1v) is 8.30. The summed E-state index contributed by atoms with van der Waals surface area (Å²) in [5, 5.41) is 14.7. The summed E-state index contributed by atoms with van der Waals surface area (Å²) in [5.41, 5.74) is 0.820. The van der Waals surface area contributed by atoms with Crippen LogP contribution in [0.3, 0.4) is 0 Å². The fraction of sp³-hybridized carbons (Fsp3) is 0.278. The van der Waals surface area contributed by atoms with Crippen molar-refractivity contribution >= 4 is 11.6 Å². The second-order valence-electron chi connectivity index (χ2n) is 5.42. The largest absolute Gasteiger partial charge is 0.497 e. The lowest BCUT2D eigenvalue weighted by atomic mass is 10.3. The molecule has 0 unspecified atom stereocenters. The summed E-state index contributed by atoms with van der Waals surface area (Å²) in [5.74, 6) is 3.10. The molecule has 8 nitrogen and oxygen atoms in total. The van der Waals surface area contributed by atoms with E-state index in [1.807, 2.05) is 53.1 Å². The third-order valence-corrected chi connectivity index (χ3v) is 3.74. The predicted molar refractivity (Wildman–Crippen MR) is 99.7 cm³/mol. The lowest BCUT2D eigenvalue weighted by Gasteiger charge is -2.12. The summed E-state index contributed by atoms with van der Waals surface area (Å²) in [6, 6.07) is 13.3. The minimum Gasteiger partial charge on any atom is -0.497 e. The maximum atomic E-state index is 5.68. The topological polar surface area (TPSA) is 85.1 Å². The smallest absolute Gasteiger partial charge is 0.191 e. The zero-order chi connectivity index (χ0) is 18.2. The van der Waals surface area contributed by atoms with E-state index in [4.69, 9.17) is 9.47 Å². The predicted octanol–water partition coefficient (Wildman–Crippen LogP) is 1.48. The molecule has 0 saturated carbocycles. The highest BCUT2D eigenvalue weighted by molar-refractivity contribution is 5.79. The number of aromatic nitrogens is 3. The molecule has 3 aromatic rings. The van der Waals surface area contributed by atoms with Crippen molar-refractivity contribution in [3.05, 3.63) is 54.5 Å². The minimum atomic E-state index is 0.515. The number of aliphatic imine (C=N–C) groups is 1. The van der Waals surface area contributed by atoms with E-state index in [0.29, 0.717) is 25.7 Å². The first kappa shape index (κ1) is 17.5. The van der Waals surface area contributed by atoms with Gasteiger partial charge in [-0.3, -0.25) is 9.39 Å². The Morgan fingerprint density at radius 3 is 2.65 bits per heavy atom. The zero-order valence-electron chi connectivity index (χ0n) is 14.8. The van der Waals surface area contributed by atoms with Crippen LogP contribution in [0, 0.1) is 0 Å². The van der Waals surface area contributed by atoms with E-state index in [0.717, 1.165) is 23.0 Å². The third-order valence-electron chi connectivity index (χ3n) is 3.74. The Hall–Kier alpha value is -3.29. The molecule has 0 aliphatic rings. The Labute approximate surface area is 151 Å². The summed E-state index contributed by atoms with van der Waals surface area (Å²) in [7, 11) is 3.36. The van der Waals surface area contributed by atoms with Crippen LogP contribution in [0.1, 0.15) is 5.82 Å². The molecule has 136 valence electrons. The van der Waals surface area contributed by atoms with Gasteiger partial charge in [0.15, 0.2) is 17.4 Å². The first-order chi connectivity index (χ1) is 12.8. The van der Waals surface area contributed by atoms with E-state index in [9.17, 15) is 0 Å². The minimum absolute atomic E-state index is 0.515. The highest BCUT2D eigenvalue weighted by Crippen LogP contribution is 2.16. The van der Waals surface area contributed by atoms with E-state index < -0.39 is 0 Å². The van der Waals surface area contributed by atoms with Gasteiger partial charge in [-0.05, 0) is 36.4 Å². The molecule has 2 aromatic heterocycles. The van der Waals surface area contributed by atoms with Gasteiger partial charge in [-0.15, -0.1) is 10.2 Å². The molecule has 26 heavy (non-hydrogen) atoms. The van der Waals surface area contributed by atoms with Crippen molar-refractivity contribution in [3.63, 3.8) is 0 Å². The van der Waals surface area contributed by atoms with E-state index in [1.165, 1.54) is 0 Å². The molecule has 2 heterocycles. The van der Waals surface area contributed by atoms with Gasteiger partial charge in [0.25, 0.3) is 0 Å². The maximum Gasteiger partial charge on any atom is 0.191 e. The number of fused-ring (bicyclic) bond motifs is 1. The lowest BCUT2D eigenvalue weighted by molar-refractivity contribution is 0.321. The second-order valence-corrected chi connectivity index (χ2v) is 5.42. The summed E-state index contributed by atoms with van der Waals surface area (Å²) in [6.07, 6.45) is 1.94. The van der Waals surface area contributed by atoms with Crippen molar-refractivity contribution < 1.29 is 9.47 Å². The van der Waals surface area contributed by atoms with E-state index in [-0.39, 0.29) is 0 Å². The maximum absolute atomic E-state index is 5.68. The fourth-order valence-electron chi connectivity index (χ4n) is 2.41.